The van der Waals surface area contributed by atoms with Crippen LogP contribution in [-0.2, 0) is 13.6 Å². The summed E-state index contributed by atoms with van der Waals surface area (Å²) in [6, 6.07) is 6.75. The third-order valence-electron chi connectivity index (χ3n) is 4.41. The molecule has 1 unspecified atom stereocenters. The second-order valence-electron chi connectivity index (χ2n) is 7.96. The number of unbranched alkanes of at least 4 members (excludes halogenated alkanes) is 3. The van der Waals surface area contributed by atoms with Crippen LogP contribution in [0.1, 0.15) is 46.4 Å². The Labute approximate surface area is 171 Å². The molecule has 1 atom stereocenters. The van der Waals surface area contributed by atoms with Crippen LogP contribution >= 0.6 is 7.82 Å². The number of quaternary nitrogens is 1. The van der Waals surface area contributed by atoms with Gasteiger partial charge in [0.15, 0.2) is 0 Å². The molecule has 162 valence electrons. The summed E-state index contributed by atoms with van der Waals surface area (Å²) < 4.78 is 22.3. The van der Waals surface area contributed by atoms with Gasteiger partial charge in [0.1, 0.15) is 13.2 Å². The number of benzene rings is 1. The number of likely N-dealkylation sites (N-methyl/N-ethyl adjacent to an activating group) is 1. The van der Waals surface area contributed by atoms with Gasteiger partial charge in [0, 0.05) is 6.54 Å². The molecule has 9 nitrogen and oxygen atoms in total. The van der Waals surface area contributed by atoms with Crippen molar-refractivity contribution in [3.8, 4) is 0 Å². The number of nitrogens with one attached hydrogen (secondary N) is 1. The number of hydrazine groups is 1. The fourth-order valence-corrected chi connectivity index (χ4v) is 3.50. The molecule has 0 bridgehead atoms. The summed E-state index contributed by atoms with van der Waals surface area (Å²) in [4.78, 5) is 34.0. The number of rotatable bonds is 13. The van der Waals surface area contributed by atoms with Crippen LogP contribution in [0.15, 0.2) is 24.3 Å². The van der Waals surface area contributed by atoms with Crippen LogP contribution in [0.3, 0.4) is 0 Å². The predicted molar refractivity (Wildman–Crippen MR) is 108 cm³/mol. The number of carbonyl (C=O) groups is 2. The number of carbonyl (C=O) groups excluding carboxylic acids is 2. The molecule has 0 saturated carbocycles. The molecule has 1 aliphatic rings. The number of fused-ring (bicyclic) bond motifs is 1. The third kappa shape index (κ3) is 7.62. The van der Waals surface area contributed by atoms with E-state index in [-0.39, 0.29) is 25.0 Å². The van der Waals surface area contributed by atoms with E-state index < -0.39 is 7.82 Å². The molecule has 2 N–H and O–H groups in total. The molecule has 1 aromatic carbocycles. The minimum atomic E-state index is -4.00. The van der Waals surface area contributed by atoms with Crippen LogP contribution in [-0.4, -0.2) is 73.6 Å². The van der Waals surface area contributed by atoms with Gasteiger partial charge in [-0.15, -0.1) is 0 Å². The van der Waals surface area contributed by atoms with E-state index in [4.69, 9.17) is 9.05 Å². The third-order valence-corrected chi connectivity index (χ3v) is 5.42. The van der Waals surface area contributed by atoms with Gasteiger partial charge >= 0.3 is 7.82 Å². The standard InChI is InChI=1S/C19H30N3O6P/c1-22(2,3)13-15-28-29(25,26)27-14-9-5-4-8-12-20-21-18(23)16-10-6-7-11-17(16)19(21)24/h6-7,10-11,20H,4-5,8-9,12-15H2,1-3H3/p+1. The molecule has 2 rings (SSSR count). The summed E-state index contributed by atoms with van der Waals surface area (Å²) in [6.45, 7) is 1.39. The predicted octanol–water partition coefficient (Wildman–Crippen LogP) is 2.19. The van der Waals surface area contributed by atoms with Crippen molar-refractivity contribution in [2.24, 2.45) is 0 Å². The molecular formula is C19H31N3O6P+. The molecule has 0 spiro atoms. The quantitative estimate of drug-likeness (QED) is 0.215. The van der Waals surface area contributed by atoms with E-state index in [1.807, 2.05) is 21.1 Å². The zero-order chi connectivity index (χ0) is 21.5. The van der Waals surface area contributed by atoms with Crippen molar-refractivity contribution in [2.45, 2.75) is 25.7 Å². The Balaban J connectivity index is 1.54. The van der Waals surface area contributed by atoms with E-state index in [1.54, 1.807) is 24.3 Å². The lowest BCUT2D eigenvalue weighted by molar-refractivity contribution is -0.870. The molecule has 2 amide bonds. The number of amides is 2. The van der Waals surface area contributed by atoms with Gasteiger partial charge < -0.3 is 9.38 Å². The van der Waals surface area contributed by atoms with Gasteiger partial charge in [0.2, 0.25) is 0 Å². The Hall–Kier alpha value is -1.61. The van der Waals surface area contributed by atoms with E-state index in [0.717, 1.165) is 24.3 Å². The highest BCUT2D eigenvalue weighted by Gasteiger charge is 2.34. The molecular weight excluding hydrogens is 397 g/mol. The van der Waals surface area contributed by atoms with Gasteiger partial charge in [-0.1, -0.05) is 25.0 Å². The molecule has 10 heteroatoms. The van der Waals surface area contributed by atoms with E-state index in [2.05, 4.69) is 5.43 Å². The first-order valence-corrected chi connectivity index (χ1v) is 11.2. The Morgan fingerprint density at radius 1 is 0.966 bits per heavy atom. The van der Waals surface area contributed by atoms with Crippen LogP contribution in [0.4, 0.5) is 0 Å². The summed E-state index contributed by atoms with van der Waals surface area (Å²) >= 11 is 0. The van der Waals surface area contributed by atoms with Crippen molar-refractivity contribution in [2.75, 3.05) is 47.4 Å². The molecule has 0 radical (unpaired) electrons. The van der Waals surface area contributed by atoms with Gasteiger partial charge in [-0.3, -0.25) is 18.6 Å². The number of nitrogens with zero attached hydrogens (tertiary/aromatic N) is 2. The van der Waals surface area contributed by atoms with Crippen molar-refractivity contribution < 1.29 is 32.6 Å². The SMILES string of the molecule is C[N+](C)(C)CCOP(=O)(O)OCCCCCCNN1C(=O)c2ccccc2C1=O. The number of phosphoric acid groups is 1. The number of imide groups is 1. The van der Waals surface area contributed by atoms with Crippen molar-refractivity contribution in [1.82, 2.24) is 10.4 Å². The molecule has 1 aromatic rings. The largest absolute Gasteiger partial charge is 0.472 e. The second kappa shape index (κ2) is 10.4. The van der Waals surface area contributed by atoms with E-state index >= 15 is 0 Å². The summed E-state index contributed by atoms with van der Waals surface area (Å²) in [6.07, 6.45) is 3.00. The highest BCUT2D eigenvalue weighted by molar-refractivity contribution is 7.47. The molecule has 29 heavy (non-hydrogen) atoms. The Bertz CT molecular complexity index is 730. The zero-order valence-electron chi connectivity index (χ0n) is 17.3. The lowest BCUT2D eigenvalue weighted by atomic mass is 10.1. The summed E-state index contributed by atoms with van der Waals surface area (Å²) in [5.74, 6) is -0.661. The summed E-state index contributed by atoms with van der Waals surface area (Å²) in [7, 11) is 1.90. The van der Waals surface area contributed by atoms with E-state index in [9.17, 15) is 19.0 Å². The van der Waals surface area contributed by atoms with E-state index in [1.165, 1.54) is 0 Å². The van der Waals surface area contributed by atoms with Crippen LogP contribution in [0.25, 0.3) is 0 Å². The highest BCUT2D eigenvalue weighted by atomic mass is 31.2. The van der Waals surface area contributed by atoms with Crippen LogP contribution in [0.2, 0.25) is 0 Å². The molecule has 1 heterocycles. The first kappa shape index (κ1) is 23.7. The maximum Gasteiger partial charge on any atom is 0.472 e. The number of phosphoric ester groups is 1. The first-order valence-electron chi connectivity index (χ1n) is 9.74. The smallest absolute Gasteiger partial charge is 0.329 e. The lowest BCUT2D eigenvalue weighted by Crippen LogP contribution is -2.42. The van der Waals surface area contributed by atoms with Crippen molar-refractivity contribution in [3.05, 3.63) is 35.4 Å². The van der Waals surface area contributed by atoms with E-state index in [0.29, 0.717) is 35.1 Å². The van der Waals surface area contributed by atoms with Crippen LogP contribution in [0, 0.1) is 0 Å². The summed E-state index contributed by atoms with van der Waals surface area (Å²) in [5.41, 5.74) is 3.71. The van der Waals surface area contributed by atoms with Crippen LogP contribution in [0.5, 0.6) is 0 Å². The minimum absolute atomic E-state index is 0.143. The average Bonchev–Trinajstić information content (AvgIpc) is 2.87. The molecule has 1 aliphatic heterocycles. The maximum atomic E-state index is 12.2. The molecule has 0 fully saturated rings. The van der Waals surface area contributed by atoms with Crippen LogP contribution < -0.4 is 5.43 Å². The van der Waals surface area contributed by atoms with Gasteiger partial charge in [-0.25, -0.2) is 15.0 Å². The first-order chi connectivity index (χ1) is 13.6. The normalized spacial score (nSPS) is 16.2. The average molecular weight is 428 g/mol. The van der Waals surface area contributed by atoms with Crippen molar-refractivity contribution >= 4 is 19.6 Å². The molecule has 0 aromatic heterocycles. The number of hydrogen-bond acceptors (Lipinski definition) is 6. The topological polar surface area (TPSA) is 105 Å². The summed E-state index contributed by atoms with van der Waals surface area (Å²) in [5, 5.41) is 1.06. The Morgan fingerprint density at radius 3 is 2.10 bits per heavy atom. The molecule has 0 saturated heterocycles. The zero-order valence-corrected chi connectivity index (χ0v) is 18.2. The number of hydrogen-bond donors (Lipinski definition) is 2. The van der Waals surface area contributed by atoms with Crippen molar-refractivity contribution in [3.63, 3.8) is 0 Å². The maximum absolute atomic E-state index is 12.2. The molecule has 0 aliphatic carbocycles. The monoisotopic (exact) mass is 428 g/mol. The fourth-order valence-electron chi connectivity index (χ4n) is 2.75. The van der Waals surface area contributed by atoms with Gasteiger partial charge in [0.25, 0.3) is 11.8 Å². The Kier molecular flexibility index (Phi) is 8.51. The van der Waals surface area contributed by atoms with Crippen molar-refractivity contribution in [1.29, 1.82) is 0 Å². The Morgan fingerprint density at radius 2 is 1.52 bits per heavy atom. The lowest BCUT2D eigenvalue weighted by Gasteiger charge is -2.24. The second-order valence-corrected chi connectivity index (χ2v) is 9.42. The van der Waals surface area contributed by atoms with Gasteiger partial charge in [-0.05, 0) is 25.0 Å². The van der Waals surface area contributed by atoms with Gasteiger partial charge in [-0.2, -0.15) is 0 Å². The fraction of sp³-hybridized carbons (Fsp3) is 0.579. The minimum Gasteiger partial charge on any atom is -0.329 e. The highest BCUT2D eigenvalue weighted by Crippen LogP contribution is 2.43. The van der Waals surface area contributed by atoms with Gasteiger partial charge in [0.05, 0.1) is 38.9 Å².